The fraction of sp³-hybridized carbons (Fsp3) is 0.0500. The minimum atomic E-state index is 1.17. The van der Waals surface area contributed by atoms with Gasteiger partial charge in [-0.3, -0.25) is 0 Å². The molecular formula is C40H30N2. The van der Waals surface area contributed by atoms with E-state index < -0.39 is 0 Å². The van der Waals surface area contributed by atoms with Crippen LogP contribution >= 0.6 is 0 Å². The summed E-state index contributed by atoms with van der Waals surface area (Å²) < 4.78 is 4.76. The van der Waals surface area contributed by atoms with E-state index in [0.717, 1.165) is 0 Å². The first kappa shape index (κ1) is 24.5. The number of para-hydroxylation sites is 2. The summed E-state index contributed by atoms with van der Waals surface area (Å²) in [6.07, 6.45) is 0. The maximum atomic E-state index is 2.39. The van der Waals surface area contributed by atoms with Crippen molar-refractivity contribution in [2.75, 3.05) is 0 Å². The summed E-state index contributed by atoms with van der Waals surface area (Å²) in [5, 5.41) is 3.84. The zero-order valence-electron chi connectivity index (χ0n) is 23.8. The first-order valence-corrected chi connectivity index (χ1v) is 14.5. The molecule has 8 aromatic rings. The highest BCUT2D eigenvalue weighted by molar-refractivity contribution is 6.10. The molecule has 0 saturated heterocycles. The number of hydrogen-bond donors (Lipinski definition) is 0. The molecule has 0 spiro atoms. The van der Waals surface area contributed by atoms with Crippen molar-refractivity contribution in [2.45, 2.75) is 13.8 Å². The fourth-order valence-electron chi connectivity index (χ4n) is 6.53. The van der Waals surface area contributed by atoms with Gasteiger partial charge >= 0.3 is 0 Å². The summed E-state index contributed by atoms with van der Waals surface area (Å²) in [5.41, 5.74) is 13.6. The zero-order chi connectivity index (χ0) is 28.2. The van der Waals surface area contributed by atoms with Crippen LogP contribution in [0, 0.1) is 13.8 Å². The van der Waals surface area contributed by atoms with Crippen LogP contribution in [-0.4, -0.2) is 9.13 Å². The van der Waals surface area contributed by atoms with Crippen LogP contribution in [-0.2, 0) is 0 Å². The number of fused-ring (bicyclic) bond motifs is 4. The largest absolute Gasteiger partial charge is 0.314 e. The van der Waals surface area contributed by atoms with E-state index >= 15 is 0 Å². The summed E-state index contributed by atoms with van der Waals surface area (Å²) in [6, 6.07) is 52.7. The first-order chi connectivity index (χ1) is 20.7. The molecule has 0 aliphatic carbocycles. The molecule has 200 valence electrons. The average molecular weight is 539 g/mol. The monoisotopic (exact) mass is 538 g/mol. The predicted octanol–water partition coefficient (Wildman–Crippen LogP) is 10.7. The van der Waals surface area contributed by atoms with Crippen molar-refractivity contribution in [1.29, 1.82) is 0 Å². The molecule has 0 saturated carbocycles. The predicted molar refractivity (Wildman–Crippen MR) is 178 cm³/mol. The molecule has 2 aromatic heterocycles. The van der Waals surface area contributed by atoms with Crippen molar-refractivity contribution in [1.82, 2.24) is 9.13 Å². The Hall–Kier alpha value is -5.34. The average Bonchev–Trinajstić information content (AvgIpc) is 3.52. The third-order valence-electron chi connectivity index (χ3n) is 8.77. The number of aryl methyl sites for hydroxylation is 1. The third-order valence-corrected chi connectivity index (χ3v) is 8.77. The second-order valence-corrected chi connectivity index (χ2v) is 11.1. The van der Waals surface area contributed by atoms with Crippen molar-refractivity contribution in [3.63, 3.8) is 0 Å². The molecule has 0 aliphatic heterocycles. The van der Waals surface area contributed by atoms with Crippen LogP contribution in [0.3, 0.4) is 0 Å². The van der Waals surface area contributed by atoms with Gasteiger partial charge in [0, 0.05) is 33.2 Å². The van der Waals surface area contributed by atoms with Crippen molar-refractivity contribution in [3.8, 4) is 33.6 Å². The van der Waals surface area contributed by atoms with Gasteiger partial charge < -0.3 is 9.13 Å². The molecule has 0 amide bonds. The van der Waals surface area contributed by atoms with Crippen molar-refractivity contribution >= 4 is 32.7 Å². The maximum Gasteiger partial charge on any atom is 0.0541 e. The van der Waals surface area contributed by atoms with Crippen LogP contribution in [0.25, 0.3) is 66.3 Å². The minimum Gasteiger partial charge on any atom is -0.314 e. The van der Waals surface area contributed by atoms with Gasteiger partial charge in [-0.05, 0) is 96.3 Å². The molecule has 0 unspecified atom stereocenters. The number of rotatable bonds is 4. The van der Waals surface area contributed by atoms with Gasteiger partial charge in [-0.1, -0.05) is 91.0 Å². The normalized spacial score (nSPS) is 11.6. The molecule has 6 aromatic carbocycles. The van der Waals surface area contributed by atoms with Gasteiger partial charge in [0.05, 0.1) is 16.6 Å². The van der Waals surface area contributed by atoms with E-state index in [0.29, 0.717) is 0 Å². The van der Waals surface area contributed by atoms with Crippen LogP contribution in [0.4, 0.5) is 0 Å². The van der Waals surface area contributed by atoms with Crippen LogP contribution in [0.15, 0.2) is 146 Å². The van der Waals surface area contributed by atoms with Gasteiger partial charge in [0.2, 0.25) is 0 Å². The lowest BCUT2D eigenvalue weighted by atomic mass is 10.0. The highest BCUT2D eigenvalue weighted by atomic mass is 15.0. The zero-order valence-corrected chi connectivity index (χ0v) is 23.8. The third kappa shape index (κ3) is 3.80. The van der Waals surface area contributed by atoms with E-state index in [4.69, 9.17) is 0 Å². The van der Waals surface area contributed by atoms with Crippen molar-refractivity contribution in [2.24, 2.45) is 0 Å². The van der Waals surface area contributed by atoms with E-state index in [2.05, 4.69) is 169 Å². The van der Waals surface area contributed by atoms with Crippen molar-refractivity contribution in [3.05, 3.63) is 157 Å². The number of aromatic nitrogens is 2. The summed E-state index contributed by atoms with van der Waals surface area (Å²) in [5.74, 6) is 0. The quantitative estimate of drug-likeness (QED) is 0.211. The number of hydrogen-bond acceptors (Lipinski definition) is 0. The van der Waals surface area contributed by atoms with Gasteiger partial charge in [-0.15, -0.1) is 0 Å². The minimum absolute atomic E-state index is 1.17. The summed E-state index contributed by atoms with van der Waals surface area (Å²) >= 11 is 0. The number of nitrogens with zero attached hydrogens (tertiary/aromatic N) is 2. The number of benzene rings is 6. The Morgan fingerprint density at radius 2 is 0.857 bits per heavy atom. The lowest BCUT2D eigenvalue weighted by Crippen LogP contribution is -1.96. The molecule has 0 atom stereocenters. The summed E-state index contributed by atoms with van der Waals surface area (Å²) in [4.78, 5) is 0. The van der Waals surface area contributed by atoms with Gasteiger partial charge in [0.1, 0.15) is 0 Å². The molecule has 2 nitrogen and oxygen atoms in total. The topological polar surface area (TPSA) is 9.86 Å². The Morgan fingerprint density at radius 1 is 0.357 bits per heavy atom. The van der Waals surface area contributed by atoms with E-state index in [9.17, 15) is 0 Å². The van der Waals surface area contributed by atoms with Gasteiger partial charge in [-0.2, -0.15) is 0 Å². The second-order valence-electron chi connectivity index (χ2n) is 11.1. The molecule has 0 fully saturated rings. The first-order valence-electron chi connectivity index (χ1n) is 14.5. The van der Waals surface area contributed by atoms with E-state index in [1.807, 2.05) is 0 Å². The summed E-state index contributed by atoms with van der Waals surface area (Å²) in [6.45, 7) is 4.45. The lowest BCUT2D eigenvalue weighted by molar-refractivity contribution is 1.04. The van der Waals surface area contributed by atoms with Crippen LogP contribution < -0.4 is 0 Å². The standard InChI is InChI=1S/C40H30N2/c1-27-28(2)41(33-13-7-4-8-14-33)39-23-19-31(25-36(27)39)32-20-24-40-37(26-32)35-15-9-10-16-38(35)42(40)34-21-17-30(18-22-34)29-11-5-3-6-12-29/h3-26H,1-2H3. The molecule has 8 rings (SSSR count). The SMILES string of the molecule is Cc1c(C)n(-c2ccccc2)c2ccc(-c3ccc4c(c3)c3ccccc3n4-c3ccc(-c4ccccc4)cc3)cc12. The van der Waals surface area contributed by atoms with Gasteiger partial charge in [-0.25, -0.2) is 0 Å². The highest BCUT2D eigenvalue weighted by Crippen LogP contribution is 2.37. The van der Waals surface area contributed by atoms with Gasteiger partial charge in [0.15, 0.2) is 0 Å². The molecule has 2 heterocycles. The van der Waals surface area contributed by atoms with Crippen LogP contribution in [0.5, 0.6) is 0 Å². The van der Waals surface area contributed by atoms with Crippen molar-refractivity contribution < 1.29 is 0 Å². The highest BCUT2D eigenvalue weighted by Gasteiger charge is 2.16. The smallest absolute Gasteiger partial charge is 0.0541 e. The summed E-state index contributed by atoms with van der Waals surface area (Å²) in [7, 11) is 0. The molecule has 0 radical (unpaired) electrons. The van der Waals surface area contributed by atoms with Crippen LogP contribution in [0.2, 0.25) is 0 Å². The fourth-order valence-corrected chi connectivity index (χ4v) is 6.53. The Morgan fingerprint density at radius 3 is 1.57 bits per heavy atom. The molecule has 0 bridgehead atoms. The van der Waals surface area contributed by atoms with E-state index in [-0.39, 0.29) is 0 Å². The second kappa shape index (κ2) is 9.64. The van der Waals surface area contributed by atoms with Crippen LogP contribution in [0.1, 0.15) is 11.3 Å². The Bertz CT molecular complexity index is 2230. The molecule has 0 aliphatic rings. The maximum absolute atomic E-state index is 2.39. The molecular weight excluding hydrogens is 508 g/mol. The van der Waals surface area contributed by atoms with Gasteiger partial charge in [0.25, 0.3) is 0 Å². The molecule has 2 heteroatoms. The Kier molecular flexibility index (Phi) is 5.61. The van der Waals surface area contributed by atoms with E-state index in [1.165, 1.54) is 77.6 Å². The Labute approximate surface area is 245 Å². The molecule has 0 N–H and O–H groups in total. The lowest BCUT2D eigenvalue weighted by Gasteiger charge is -2.10. The Balaban J connectivity index is 1.26. The molecule has 42 heavy (non-hydrogen) atoms. The van der Waals surface area contributed by atoms with E-state index in [1.54, 1.807) is 0 Å².